The van der Waals surface area contributed by atoms with Crippen molar-refractivity contribution in [2.24, 2.45) is 5.73 Å². The van der Waals surface area contributed by atoms with Crippen molar-refractivity contribution in [3.05, 3.63) is 35.0 Å². The molecule has 0 aliphatic heterocycles. The van der Waals surface area contributed by atoms with Gasteiger partial charge in [-0.3, -0.25) is 0 Å². The van der Waals surface area contributed by atoms with Crippen LogP contribution in [0.4, 0.5) is 0 Å². The molecule has 0 bridgehead atoms. The van der Waals surface area contributed by atoms with Crippen molar-refractivity contribution in [3.8, 4) is 5.75 Å². The van der Waals surface area contributed by atoms with Gasteiger partial charge in [-0.15, -0.1) is 0 Å². The van der Waals surface area contributed by atoms with Crippen LogP contribution in [0.25, 0.3) is 10.9 Å². The molecule has 0 radical (unpaired) electrons. The smallest absolute Gasteiger partial charge is 0.133 e. The fraction of sp³-hybridized carbons (Fsp3) is 0.357. The third kappa shape index (κ3) is 2.74. The molecule has 0 aliphatic carbocycles. The number of fused-ring (bicyclic) bond motifs is 1. The Balaban J connectivity index is 2.42. The molecule has 4 heteroatoms. The minimum absolute atomic E-state index is 0.125. The van der Waals surface area contributed by atoms with Gasteiger partial charge in [0.25, 0.3) is 0 Å². The Hall–Kier alpha value is -1.32. The van der Waals surface area contributed by atoms with Crippen LogP contribution < -0.4 is 10.5 Å². The summed E-state index contributed by atoms with van der Waals surface area (Å²) < 4.78 is 5.17. The lowest BCUT2D eigenvalue weighted by Gasteiger charge is -2.11. The van der Waals surface area contributed by atoms with Gasteiger partial charge in [-0.1, -0.05) is 18.5 Å². The van der Waals surface area contributed by atoms with Crippen LogP contribution in [0.15, 0.2) is 24.3 Å². The number of hydrogen-bond acceptors (Lipinski definition) is 3. The van der Waals surface area contributed by atoms with E-state index in [0.717, 1.165) is 35.1 Å². The highest BCUT2D eigenvalue weighted by atomic mass is 35.5. The molecule has 2 rings (SSSR count). The first-order chi connectivity index (χ1) is 8.63. The van der Waals surface area contributed by atoms with Gasteiger partial charge in [0.15, 0.2) is 0 Å². The molecule has 0 saturated heterocycles. The summed E-state index contributed by atoms with van der Waals surface area (Å²) >= 11 is 6.19. The van der Waals surface area contributed by atoms with E-state index in [-0.39, 0.29) is 6.04 Å². The number of hydrogen-bond donors (Lipinski definition) is 1. The molecule has 0 amide bonds. The molecule has 1 atom stereocenters. The number of methoxy groups -OCH3 is 1. The Morgan fingerprint density at radius 1 is 1.39 bits per heavy atom. The van der Waals surface area contributed by atoms with Crippen molar-refractivity contribution in [2.75, 3.05) is 7.11 Å². The van der Waals surface area contributed by atoms with E-state index in [4.69, 9.17) is 22.1 Å². The molecular weight excluding hydrogens is 248 g/mol. The van der Waals surface area contributed by atoms with Gasteiger partial charge in [0.05, 0.1) is 12.6 Å². The van der Waals surface area contributed by atoms with E-state index in [9.17, 15) is 0 Å². The molecule has 96 valence electrons. The fourth-order valence-corrected chi connectivity index (χ4v) is 2.09. The van der Waals surface area contributed by atoms with Crippen molar-refractivity contribution < 1.29 is 4.74 Å². The molecule has 18 heavy (non-hydrogen) atoms. The van der Waals surface area contributed by atoms with Gasteiger partial charge in [0.1, 0.15) is 10.9 Å². The van der Waals surface area contributed by atoms with E-state index in [1.165, 1.54) is 0 Å². The lowest BCUT2D eigenvalue weighted by molar-refractivity contribution is 0.415. The maximum Gasteiger partial charge on any atom is 0.133 e. The summed E-state index contributed by atoms with van der Waals surface area (Å²) in [5.41, 5.74) is 7.80. The van der Waals surface area contributed by atoms with Crippen molar-refractivity contribution in [1.29, 1.82) is 0 Å². The van der Waals surface area contributed by atoms with Crippen LogP contribution in [0.5, 0.6) is 5.75 Å². The first-order valence-corrected chi connectivity index (χ1v) is 6.40. The molecular formula is C14H17ClN2O. The average Bonchev–Trinajstić information content (AvgIpc) is 2.38. The van der Waals surface area contributed by atoms with Gasteiger partial charge in [-0.2, -0.15) is 0 Å². The van der Waals surface area contributed by atoms with Crippen molar-refractivity contribution >= 4 is 22.5 Å². The topological polar surface area (TPSA) is 48.1 Å². The Bertz CT molecular complexity index is 557. The largest absolute Gasteiger partial charge is 0.497 e. The third-order valence-corrected chi connectivity index (χ3v) is 3.38. The second-order valence-corrected chi connectivity index (χ2v) is 4.73. The van der Waals surface area contributed by atoms with Gasteiger partial charge in [0.2, 0.25) is 0 Å². The van der Waals surface area contributed by atoms with E-state index < -0.39 is 0 Å². The second kappa shape index (κ2) is 5.55. The Labute approximate surface area is 112 Å². The molecule has 1 aromatic carbocycles. The highest BCUT2D eigenvalue weighted by molar-refractivity contribution is 6.30. The van der Waals surface area contributed by atoms with Gasteiger partial charge in [-0.05, 0) is 36.6 Å². The summed E-state index contributed by atoms with van der Waals surface area (Å²) in [6, 6.07) is 7.96. The summed E-state index contributed by atoms with van der Waals surface area (Å²) in [7, 11) is 1.64. The molecule has 0 spiro atoms. The Morgan fingerprint density at radius 2 is 2.17 bits per heavy atom. The zero-order valence-corrected chi connectivity index (χ0v) is 11.4. The summed E-state index contributed by atoms with van der Waals surface area (Å²) in [5, 5.41) is 1.58. The molecule has 2 N–H and O–H groups in total. The standard InChI is InChI=1S/C14H17ClN2O/c1-3-11(16)7-10-6-9-4-5-12(18-2)8-13(9)17-14(10)15/h4-6,8,11H,3,7,16H2,1-2H3. The van der Waals surface area contributed by atoms with Crippen LogP contribution in [0, 0.1) is 0 Å². The molecule has 0 saturated carbocycles. The van der Waals surface area contributed by atoms with Crippen LogP contribution in [0.2, 0.25) is 5.15 Å². The van der Waals surface area contributed by atoms with Crippen LogP contribution >= 0.6 is 11.6 Å². The first kappa shape index (κ1) is 13.1. The number of aromatic nitrogens is 1. The molecule has 0 aliphatic rings. The van der Waals surface area contributed by atoms with Crippen LogP contribution in [-0.2, 0) is 6.42 Å². The number of pyridine rings is 1. The molecule has 0 fully saturated rings. The van der Waals surface area contributed by atoms with Gasteiger partial charge in [-0.25, -0.2) is 4.98 Å². The SMILES string of the molecule is CCC(N)Cc1cc2ccc(OC)cc2nc1Cl. The first-order valence-electron chi connectivity index (χ1n) is 6.02. The molecule has 1 heterocycles. The maximum atomic E-state index is 6.19. The van der Waals surface area contributed by atoms with Crippen LogP contribution in [0.1, 0.15) is 18.9 Å². The summed E-state index contributed by atoms with van der Waals surface area (Å²) in [6.07, 6.45) is 1.68. The normalized spacial score (nSPS) is 12.7. The summed E-state index contributed by atoms with van der Waals surface area (Å²) in [6.45, 7) is 2.07. The van der Waals surface area contributed by atoms with Crippen molar-refractivity contribution in [1.82, 2.24) is 4.98 Å². The lowest BCUT2D eigenvalue weighted by Crippen LogP contribution is -2.21. The quantitative estimate of drug-likeness (QED) is 0.863. The van der Waals surface area contributed by atoms with E-state index >= 15 is 0 Å². The van der Waals surface area contributed by atoms with E-state index in [1.54, 1.807) is 7.11 Å². The third-order valence-electron chi connectivity index (χ3n) is 3.06. The number of benzene rings is 1. The monoisotopic (exact) mass is 264 g/mol. The lowest BCUT2D eigenvalue weighted by atomic mass is 10.0. The Kier molecular flexibility index (Phi) is 4.04. The number of rotatable bonds is 4. The molecule has 2 aromatic rings. The second-order valence-electron chi connectivity index (χ2n) is 4.37. The highest BCUT2D eigenvalue weighted by Crippen LogP contribution is 2.25. The minimum atomic E-state index is 0.125. The number of ether oxygens (including phenoxy) is 1. The van der Waals surface area contributed by atoms with Gasteiger partial charge in [0, 0.05) is 17.5 Å². The van der Waals surface area contributed by atoms with Crippen molar-refractivity contribution in [3.63, 3.8) is 0 Å². The van der Waals surface area contributed by atoms with E-state index in [0.29, 0.717) is 5.15 Å². The summed E-state index contributed by atoms with van der Waals surface area (Å²) in [5.74, 6) is 0.782. The summed E-state index contributed by atoms with van der Waals surface area (Å²) in [4.78, 5) is 4.40. The molecule has 1 aromatic heterocycles. The zero-order chi connectivity index (χ0) is 13.1. The average molecular weight is 265 g/mol. The maximum absolute atomic E-state index is 6.19. The molecule has 3 nitrogen and oxygen atoms in total. The van der Waals surface area contributed by atoms with Gasteiger partial charge < -0.3 is 10.5 Å². The van der Waals surface area contributed by atoms with E-state index in [2.05, 4.69) is 18.0 Å². The molecule has 1 unspecified atom stereocenters. The zero-order valence-electron chi connectivity index (χ0n) is 10.6. The van der Waals surface area contributed by atoms with Crippen molar-refractivity contribution in [2.45, 2.75) is 25.8 Å². The number of halogens is 1. The predicted octanol–water partition coefficient (Wildman–Crippen LogP) is 3.18. The van der Waals surface area contributed by atoms with E-state index in [1.807, 2.05) is 18.2 Å². The number of nitrogens with two attached hydrogens (primary N) is 1. The number of nitrogens with zero attached hydrogens (tertiary/aromatic N) is 1. The van der Waals surface area contributed by atoms with Crippen LogP contribution in [0.3, 0.4) is 0 Å². The highest BCUT2D eigenvalue weighted by Gasteiger charge is 2.09. The predicted molar refractivity (Wildman–Crippen MR) is 75.3 cm³/mol. The van der Waals surface area contributed by atoms with Crippen LogP contribution in [-0.4, -0.2) is 18.1 Å². The Morgan fingerprint density at radius 3 is 2.83 bits per heavy atom. The minimum Gasteiger partial charge on any atom is -0.497 e. The fourth-order valence-electron chi connectivity index (χ4n) is 1.86. The van der Waals surface area contributed by atoms with Gasteiger partial charge >= 0.3 is 0 Å².